The molecule has 1 atom stereocenters. The van der Waals surface area contributed by atoms with Crippen molar-refractivity contribution in [1.82, 2.24) is 14.9 Å². The number of nitrogens with one attached hydrogen (secondary N) is 1. The summed E-state index contributed by atoms with van der Waals surface area (Å²) in [5, 5.41) is 3.41. The number of nitrogens with zero attached hydrogens (tertiary/aromatic N) is 2. The summed E-state index contributed by atoms with van der Waals surface area (Å²) in [7, 11) is 2.00. The fourth-order valence-electron chi connectivity index (χ4n) is 1.81. The molecular formula is C12H16BrN3O. The molecule has 2 rings (SSSR count). The predicted molar refractivity (Wildman–Crippen MR) is 69.7 cm³/mol. The summed E-state index contributed by atoms with van der Waals surface area (Å²) < 4.78 is 8.39. The lowest BCUT2D eigenvalue weighted by Gasteiger charge is -2.15. The maximum Gasteiger partial charge on any atom is 0.169 e. The minimum atomic E-state index is 0.160. The second kappa shape index (κ2) is 5.51. The van der Waals surface area contributed by atoms with E-state index in [0.29, 0.717) is 0 Å². The van der Waals surface area contributed by atoms with Gasteiger partial charge in [-0.1, -0.05) is 6.92 Å². The number of hydrogen-bond donors (Lipinski definition) is 1. The zero-order valence-corrected chi connectivity index (χ0v) is 11.6. The highest BCUT2D eigenvalue weighted by Crippen LogP contribution is 2.22. The van der Waals surface area contributed by atoms with Crippen molar-refractivity contribution in [3.63, 3.8) is 0 Å². The summed E-state index contributed by atoms with van der Waals surface area (Å²) in [4.78, 5) is 4.34. The maximum absolute atomic E-state index is 5.60. The molecule has 1 unspecified atom stereocenters. The Balaban J connectivity index is 2.15. The molecule has 0 aliphatic rings. The van der Waals surface area contributed by atoms with Crippen LogP contribution in [0.25, 0.3) is 0 Å². The molecule has 0 aliphatic heterocycles. The Labute approximate surface area is 109 Å². The summed E-state index contributed by atoms with van der Waals surface area (Å²) >= 11 is 3.33. The summed E-state index contributed by atoms with van der Waals surface area (Å²) in [5.74, 6) is 1.98. The molecular weight excluding hydrogens is 282 g/mol. The standard InChI is InChI=1S/C12H16BrN3O/c1-3-14-9(10-4-5-11(13)17-10)8-12-15-6-7-16(12)2/h4-7,9,14H,3,8H2,1-2H3. The molecule has 0 saturated carbocycles. The first-order valence-electron chi connectivity index (χ1n) is 5.65. The second-order valence-electron chi connectivity index (χ2n) is 3.91. The van der Waals surface area contributed by atoms with Crippen LogP contribution in [0.5, 0.6) is 0 Å². The molecule has 0 amide bonds. The zero-order chi connectivity index (χ0) is 12.3. The quantitative estimate of drug-likeness (QED) is 0.923. The van der Waals surface area contributed by atoms with E-state index < -0.39 is 0 Å². The van der Waals surface area contributed by atoms with Crippen molar-refractivity contribution in [3.8, 4) is 0 Å². The van der Waals surface area contributed by atoms with E-state index in [1.807, 2.05) is 36.1 Å². The van der Waals surface area contributed by atoms with Crippen LogP contribution in [0.4, 0.5) is 0 Å². The highest BCUT2D eigenvalue weighted by atomic mass is 79.9. The zero-order valence-electron chi connectivity index (χ0n) is 9.98. The first-order valence-corrected chi connectivity index (χ1v) is 6.44. The molecule has 1 N–H and O–H groups in total. The maximum atomic E-state index is 5.60. The normalized spacial score (nSPS) is 12.9. The molecule has 4 nitrogen and oxygen atoms in total. The molecule has 92 valence electrons. The third-order valence-electron chi connectivity index (χ3n) is 2.70. The number of halogens is 1. The van der Waals surface area contributed by atoms with Crippen molar-refractivity contribution in [2.75, 3.05) is 6.54 Å². The van der Waals surface area contributed by atoms with Gasteiger partial charge in [-0.2, -0.15) is 0 Å². The fourth-order valence-corrected chi connectivity index (χ4v) is 2.13. The smallest absolute Gasteiger partial charge is 0.169 e. The average Bonchev–Trinajstić information content (AvgIpc) is 2.88. The van der Waals surface area contributed by atoms with E-state index in [9.17, 15) is 0 Å². The van der Waals surface area contributed by atoms with E-state index in [0.717, 1.165) is 29.2 Å². The number of furan rings is 1. The highest BCUT2D eigenvalue weighted by molar-refractivity contribution is 9.10. The average molecular weight is 298 g/mol. The van der Waals surface area contributed by atoms with E-state index in [1.165, 1.54) is 0 Å². The number of likely N-dealkylation sites (N-methyl/N-ethyl adjacent to an activating group) is 1. The van der Waals surface area contributed by atoms with E-state index in [2.05, 4.69) is 33.2 Å². The first-order chi connectivity index (χ1) is 8.20. The van der Waals surface area contributed by atoms with Crippen LogP contribution in [0.15, 0.2) is 33.6 Å². The SMILES string of the molecule is CCNC(Cc1nccn1C)c1ccc(Br)o1. The van der Waals surface area contributed by atoms with Gasteiger partial charge in [0, 0.05) is 25.9 Å². The van der Waals surface area contributed by atoms with Crippen molar-refractivity contribution in [2.24, 2.45) is 7.05 Å². The van der Waals surface area contributed by atoms with Gasteiger partial charge >= 0.3 is 0 Å². The Morgan fingerprint density at radius 3 is 2.88 bits per heavy atom. The van der Waals surface area contributed by atoms with E-state index in [1.54, 1.807) is 0 Å². The van der Waals surface area contributed by atoms with Crippen molar-refractivity contribution in [3.05, 3.63) is 40.8 Å². The Morgan fingerprint density at radius 2 is 2.35 bits per heavy atom. The second-order valence-corrected chi connectivity index (χ2v) is 4.69. The predicted octanol–water partition coefficient (Wildman–Crippen LogP) is 2.67. The number of imidazole rings is 1. The number of hydrogen-bond acceptors (Lipinski definition) is 3. The molecule has 0 bridgehead atoms. The molecule has 5 heteroatoms. The molecule has 0 aliphatic carbocycles. The van der Waals surface area contributed by atoms with Crippen LogP contribution in [0.1, 0.15) is 24.6 Å². The minimum Gasteiger partial charge on any atom is -0.453 e. The monoisotopic (exact) mass is 297 g/mol. The lowest BCUT2D eigenvalue weighted by Crippen LogP contribution is -2.23. The van der Waals surface area contributed by atoms with Gasteiger partial charge in [-0.05, 0) is 34.6 Å². The molecule has 0 aromatic carbocycles. The summed E-state index contributed by atoms with van der Waals surface area (Å²) in [5.41, 5.74) is 0. The van der Waals surface area contributed by atoms with Crippen LogP contribution >= 0.6 is 15.9 Å². The van der Waals surface area contributed by atoms with E-state index in [4.69, 9.17) is 4.42 Å². The van der Waals surface area contributed by atoms with Crippen LogP contribution < -0.4 is 5.32 Å². The lowest BCUT2D eigenvalue weighted by atomic mass is 10.1. The number of aromatic nitrogens is 2. The largest absolute Gasteiger partial charge is 0.453 e. The van der Waals surface area contributed by atoms with Crippen molar-refractivity contribution in [2.45, 2.75) is 19.4 Å². The van der Waals surface area contributed by atoms with Gasteiger partial charge in [0.15, 0.2) is 4.67 Å². The van der Waals surface area contributed by atoms with E-state index in [-0.39, 0.29) is 6.04 Å². The third-order valence-corrected chi connectivity index (χ3v) is 3.12. The van der Waals surface area contributed by atoms with Crippen molar-refractivity contribution >= 4 is 15.9 Å². The Bertz CT molecular complexity index is 478. The summed E-state index contributed by atoms with van der Waals surface area (Å²) in [6, 6.07) is 4.06. The molecule has 2 aromatic rings. The van der Waals surface area contributed by atoms with Crippen LogP contribution in [-0.2, 0) is 13.5 Å². The van der Waals surface area contributed by atoms with Crippen molar-refractivity contribution < 1.29 is 4.42 Å². The van der Waals surface area contributed by atoms with Gasteiger partial charge in [0.2, 0.25) is 0 Å². The molecule has 0 spiro atoms. The molecule has 2 aromatic heterocycles. The van der Waals surface area contributed by atoms with Crippen LogP contribution in [0, 0.1) is 0 Å². The van der Waals surface area contributed by atoms with Gasteiger partial charge in [0.1, 0.15) is 11.6 Å². The highest BCUT2D eigenvalue weighted by Gasteiger charge is 2.16. The van der Waals surface area contributed by atoms with Crippen molar-refractivity contribution in [1.29, 1.82) is 0 Å². The molecule has 0 saturated heterocycles. The Hall–Kier alpha value is -1.07. The topological polar surface area (TPSA) is 43.0 Å². The Morgan fingerprint density at radius 1 is 1.53 bits per heavy atom. The third kappa shape index (κ3) is 2.98. The summed E-state index contributed by atoms with van der Waals surface area (Å²) in [6.07, 6.45) is 4.59. The Kier molecular flexibility index (Phi) is 4.02. The number of rotatable bonds is 5. The minimum absolute atomic E-state index is 0.160. The van der Waals surface area contributed by atoms with Crippen LogP contribution in [-0.4, -0.2) is 16.1 Å². The molecule has 2 heterocycles. The molecule has 17 heavy (non-hydrogen) atoms. The van der Waals surface area contributed by atoms with Gasteiger partial charge in [-0.3, -0.25) is 0 Å². The molecule has 0 radical (unpaired) electrons. The molecule has 0 fully saturated rings. The van der Waals surface area contributed by atoms with Gasteiger partial charge < -0.3 is 14.3 Å². The van der Waals surface area contributed by atoms with Gasteiger partial charge in [-0.25, -0.2) is 4.98 Å². The van der Waals surface area contributed by atoms with Gasteiger partial charge in [0.25, 0.3) is 0 Å². The fraction of sp³-hybridized carbons (Fsp3) is 0.417. The van der Waals surface area contributed by atoms with Crippen LogP contribution in [0.3, 0.4) is 0 Å². The first kappa shape index (κ1) is 12.4. The van der Waals surface area contributed by atoms with Crippen LogP contribution in [0.2, 0.25) is 0 Å². The van der Waals surface area contributed by atoms with Gasteiger partial charge in [0.05, 0.1) is 6.04 Å². The summed E-state index contributed by atoms with van der Waals surface area (Å²) in [6.45, 7) is 2.98. The van der Waals surface area contributed by atoms with E-state index >= 15 is 0 Å². The number of aryl methyl sites for hydroxylation is 1. The lowest BCUT2D eigenvalue weighted by molar-refractivity contribution is 0.399. The van der Waals surface area contributed by atoms with Gasteiger partial charge in [-0.15, -0.1) is 0 Å².